The Balaban J connectivity index is 1.95. The molecule has 0 radical (unpaired) electrons. The van der Waals surface area contributed by atoms with Crippen molar-refractivity contribution in [3.8, 4) is 0 Å². The van der Waals surface area contributed by atoms with Gasteiger partial charge in [-0.2, -0.15) is 5.10 Å². The van der Waals surface area contributed by atoms with Gasteiger partial charge in [-0.05, 0) is 25.7 Å². The van der Waals surface area contributed by atoms with E-state index in [1.165, 1.54) is 6.42 Å². The first-order valence-electron chi connectivity index (χ1n) is 6.80. The smallest absolute Gasteiger partial charge is 0.163 e. The third kappa shape index (κ3) is 2.16. The van der Waals surface area contributed by atoms with E-state index in [0.717, 1.165) is 36.4 Å². The summed E-state index contributed by atoms with van der Waals surface area (Å²) in [6.07, 6.45) is 5.84. The highest BCUT2D eigenvalue weighted by molar-refractivity contribution is 5.86. The molecule has 0 spiro atoms. The summed E-state index contributed by atoms with van der Waals surface area (Å²) >= 11 is 0. The van der Waals surface area contributed by atoms with Gasteiger partial charge in [0.05, 0.1) is 11.6 Å². The van der Waals surface area contributed by atoms with Gasteiger partial charge in [0.15, 0.2) is 5.65 Å². The van der Waals surface area contributed by atoms with Crippen LogP contribution in [0, 0.1) is 5.92 Å². The van der Waals surface area contributed by atoms with E-state index in [2.05, 4.69) is 26.9 Å². The molecule has 3 heterocycles. The lowest BCUT2D eigenvalue weighted by Crippen LogP contribution is -2.42. The number of anilines is 1. The highest BCUT2D eigenvalue weighted by atomic mass is 15.3. The van der Waals surface area contributed by atoms with Crippen molar-refractivity contribution in [1.82, 2.24) is 19.7 Å². The molecule has 102 valence electrons. The maximum Gasteiger partial charge on any atom is 0.163 e. The number of nitrogens with two attached hydrogens (primary N) is 1. The van der Waals surface area contributed by atoms with E-state index in [1.807, 2.05) is 13.2 Å². The lowest BCUT2D eigenvalue weighted by molar-refractivity contribution is 0.363. The minimum Gasteiger partial charge on any atom is -0.356 e. The molecular formula is C13H20N6. The summed E-state index contributed by atoms with van der Waals surface area (Å²) < 4.78 is 1.79. The van der Waals surface area contributed by atoms with Crippen LogP contribution in [-0.4, -0.2) is 38.9 Å². The molecule has 2 aromatic rings. The van der Waals surface area contributed by atoms with Gasteiger partial charge in [0.1, 0.15) is 12.1 Å². The van der Waals surface area contributed by atoms with Crippen LogP contribution in [-0.2, 0) is 7.05 Å². The van der Waals surface area contributed by atoms with Gasteiger partial charge in [-0.3, -0.25) is 4.68 Å². The molecule has 0 amide bonds. The van der Waals surface area contributed by atoms with Crippen LogP contribution in [0.4, 0.5) is 5.82 Å². The van der Waals surface area contributed by atoms with Crippen molar-refractivity contribution in [2.24, 2.45) is 18.7 Å². The number of hydrogen-bond acceptors (Lipinski definition) is 5. The zero-order chi connectivity index (χ0) is 13.4. The van der Waals surface area contributed by atoms with Crippen LogP contribution in [0.5, 0.6) is 0 Å². The van der Waals surface area contributed by atoms with Crippen LogP contribution < -0.4 is 10.6 Å². The van der Waals surface area contributed by atoms with Crippen molar-refractivity contribution in [2.45, 2.75) is 25.8 Å². The number of aryl methyl sites for hydroxylation is 1. The second kappa shape index (κ2) is 4.77. The molecule has 6 heteroatoms. The fourth-order valence-electron chi connectivity index (χ4n) is 2.83. The van der Waals surface area contributed by atoms with Gasteiger partial charge in [-0.25, -0.2) is 9.97 Å². The predicted octanol–water partition coefficient (Wildman–Crippen LogP) is 0.927. The van der Waals surface area contributed by atoms with E-state index < -0.39 is 0 Å². The van der Waals surface area contributed by atoms with Crippen LogP contribution in [0.3, 0.4) is 0 Å². The Morgan fingerprint density at radius 2 is 2.26 bits per heavy atom. The molecule has 6 nitrogen and oxygen atoms in total. The highest BCUT2D eigenvalue weighted by Crippen LogP contribution is 2.27. The Kier molecular flexibility index (Phi) is 3.10. The molecular weight excluding hydrogens is 240 g/mol. The zero-order valence-electron chi connectivity index (χ0n) is 11.5. The lowest BCUT2D eigenvalue weighted by Gasteiger charge is -2.35. The van der Waals surface area contributed by atoms with Crippen molar-refractivity contribution < 1.29 is 0 Å². The molecule has 1 saturated heterocycles. The first-order valence-corrected chi connectivity index (χ1v) is 6.80. The largest absolute Gasteiger partial charge is 0.356 e. The van der Waals surface area contributed by atoms with E-state index in [1.54, 1.807) is 11.0 Å². The van der Waals surface area contributed by atoms with E-state index in [4.69, 9.17) is 5.73 Å². The summed E-state index contributed by atoms with van der Waals surface area (Å²) in [5, 5.41) is 5.29. The second-order valence-corrected chi connectivity index (χ2v) is 5.41. The first-order chi connectivity index (χ1) is 9.16. The molecule has 19 heavy (non-hydrogen) atoms. The standard InChI is InChI=1S/C13H20N6/c1-9(14)10-4-3-5-19(7-10)13-11-6-17-18(2)12(11)15-8-16-13/h6,8-10H,3-5,7,14H2,1-2H3. The third-order valence-electron chi connectivity index (χ3n) is 4.01. The SMILES string of the molecule is CC(N)C1CCCN(c2ncnc3c2cnn3C)C1. The Bertz CT molecular complexity index is 576. The first kappa shape index (κ1) is 12.3. The summed E-state index contributed by atoms with van der Waals surface area (Å²) in [7, 11) is 1.90. The van der Waals surface area contributed by atoms with Crippen LogP contribution in [0.15, 0.2) is 12.5 Å². The number of piperidine rings is 1. The van der Waals surface area contributed by atoms with Gasteiger partial charge < -0.3 is 10.6 Å². The number of fused-ring (bicyclic) bond motifs is 1. The average Bonchev–Trinajstić information content (AvgIpc) is 2.81. The highest BCUT2D eigenvalue weighted by Gasteiger charge is 2.25. The molecule has 2 N–H and O–H groups in total. The Hall–Kier alpha value is -1.69. The molecule has 0 aliphatic carbocycles. The summed E-state index contributed by atoms with van der Waals surface area (Å²) in [5.41, 5.74) is 6.93. The quantitative estimate of drug-likeness (QED) is 0.869. The van der Waals surface area contributed by atoms with Gasteiger partial charge in [0, 0.05) is 26.2 Å². The molecule has 1 aliphatic heterocycles. The zero-order valence-corrected chi connectivity index (χ0v) is 11.5. The maximum atomic E-state index is 6.05. The average molecular weight is 260 g/mol. The van der Waals surface area contributed by atoms with Crippen molar-refractivity contribution >= 4 is 16.9 Å². The molecule has 1 aliphatic rings. The van der Waals surface area contributed by atoms with E-state index in [9.17, 15) is 0 Å². The number of nitrogens with zero attached hydrogens (tertiary/aromatic N) is 5. The van der Waals surface area contributed by atoms with Gasteiger partial charge in [0.2, 0.25) is 0 Å². The second-order valence-electron chi connectivity index (χ2n) is 5.41. The lowest BCUT2D eigenvalue weighted by atomic mass is 9.92. The molecule has 2 aromatic heterocycles. The number of aromatic nitrogens is 4. The van der Waals surface area contributed by atoms with E-state index in [0.29, 0.717) is 5.92 Å². The third-order valence-corrected chi connectivity index (χ3v) is 4.01. The molecule has 0 bridgehead atoms. The Morgan fingerprint density at radius 3 is 3.05 bits per heavy atom. The normalized spacial score (nSPS) is 21.8. The summed E-state index contributed by atoms with van der Waals surface area (Å²) in [4.78, 5) is 11.1. The number of rotatable bonds is 2. The predicted molar refractivity (Wildman–Crippen MR) is 74.9 cm³/mol. The monoisotopic (exact) mass is 260 g/mol. The van der Waals surface area contributed by atoms with Gasteiger partial charge in [-0.15, -0.1) is 0 Å². The molecule has 2 unspecified atom stereocenters. The minimum atomic E-state index is 0.231. The van der Waals surface area contributed by atoms with Crippen molar-refractivity contribution in [3.63, 3.8) is 0 Å². The van der Waals surface area contributed by atoms with Crippen molar-refractivity contribution in [1.29, 1.82) is 0 Å². The maximum absolute atomic E-state index is 6.05. The van der Waals surface area contributed by atoms with E-state index in [-0.39, 0.29) is 6.04 Å². The van der Waals surface area contributed by atoms with E-state index >= 15 is 0 Å². The fraction of sp³-hybridized carbons (Fsp3) is 0.615. The summed E-state index contributed by atoms with van der Waals surface area (Å²) in [5.74, 6) is 1.53. The summed E-state index contributed by atoms with van der Waals surface area (Å²) in [6, 6.07) is 0.231. The van der Waals surface area contributed by atoms with Crippen LogP contribution in [0.2, 0.25) is 0 Å². The summed E-state index contributed by atoms with van der Waals surface area (Å²) in [6.45, 7) is 4.09. The molecule has 1 fully saturated rings. The Labute approximate surface area is 112 Å². The molecule has 0 aromatic carbocycles. The Morgan fingerprint density at radius 1 is 1.42 bits per heavy atom. The minimum absolute atomic E-state index is 0.231. The van der Waals surface area contributed by atoms with Gasteiger partial charge in [-0.1, -0.05) is 0 Å². The molecule has 0 saturated carbocycles. The van der Waals surface area contributed by atoms with Crippen LogP contribution >= 0.6 is 0 Å². The van der Waals surface area contributed by atoms with Crippen LogP contribution in [0.25, 0.3) is 11.0 Å². The van der Waals surface area contributed by atoms with Gasteiger partial charge >= 0.3 is 0 Å². The van der Waals surface area contributed by atoms with Crippen molar-refractivity contribution in [2.75, 3.05) is 18.0 Å². The van der Waals surface area contributed by atoms with Crippen LogP contribution in [0.1, 0.15) is 19.8 Å². The molecule has 3 rings (SSSR count). The topological polar surface area (TPSA) is 72.9 Å². The molecule has 2 atom stereocenters. The van der Waals surface area contributed by atoms with Gasteiger partial charge in [0.25, 0.3) is 0 Å². The fourth-order valence-corrected chi connectivity index (χ4v) is 2.83. The number of hydrogen-bond donors (Lipinski definition) is 1. The van der Waals surface area contributed by atoms with Crippen molar-refractivity contribution in [3.05, 3.63) is 12.5 Å².